The predicted molar refractivity (Wildman–Crippen MR) is 96.6 cm³/mol. The average molecular weight is 373 g/mol. The van der Waals surface area contributed by atoms with Crippen molar-refractivity contribution in [2.75, 3.05) is 5.32 Å². The van der Waals surface area contributed by atoms with Crippen LogP contribution in [0.25, 0.3) is 11.4 Å². The lowest BCUT2D eigenvalue weighted by molar-refractivity contribution is 0.0992. The minimum Gasteiger partial charge on any atom is -0.366 e. The van der Waals surface area contributed by atoms with Crippen LogP contribution in [0.4, 0.5) is 10.1 Å². The van der Waals surface area contributed by atoms with Crippen LogP contribution in [0.1, 0.15) is 26.5 Å². The summed E-state index contributed by atoms with van der Waals surface area (Å²) in [4.78, 5) is 31.0. The summed E-state index contributed by atoms with van der Waals surface area (Å²) in [7, 11) is 0. The number of aromatic amines is 1. The zero-order valence-corrected chi connectivity index (χ0v) is 14.4. The van der Waals surface area contributed by atoms with Crippen molar-refractivity contribution in [1.29, 1.82) is 0 Å². The van der Waals surface area contributed by atoms with Gasteiger partial charge in [-0.1, -0.05) is 23.7 Å². The molecule has 0 spiro atoms. The van der Waals surface area contributed by atoms with Crippen molar-refractivity contribution in [2.45, 2.75) is 6.92 Å². The summed E-state index contributed by atoms with van der Waals surface area (Å²) in [6.07, 6.45) is 0. The minimum atomic E-state index is -0.919. The van der Waals surface area contributed by atoms with Gasteiger partial charge < -0.3 is 16.0 Å². The number of benzene rings is 2. The van der Waals surface area contributed by atoms with Crippen LogP contribution in [0, 0.1) is 12.7 Å². The van der Waals surface area contributed by atoms with Crippen molar-refractivity contribution in [3.8, 4) is 11.4 Å². The summed E-state index contributed by atoms with van der Waals surface area (Å²) in [6.45, 7) is 1.70. The first-order valence-corrected chi connectivity index (χ1v) is 7.96. The molecular formula is C18H14ClFN4O2. The molecule has 0 aliphatic heterocycles. The van der Waals surface area contributed by atoms with Crippen molar-refractivity contribution >= 4 is 29.1 Å². The summed E-state index contributed by atoms with van der Waals surface area (Å²) in [5.74, 6) is -1.69. The van der Waals surface area contributed by atoms with Gasteiger partial charge in [-0.2, -0.15) is 0 Å². The van der Waals surface area contributed by atoms with Crippen LogP contribution in [-0.4, -0.2) is 21.8 Å². The van der Waals surface area contributed by atoms with Crippen LogP contribution >= 0.6 is 11.6 Å². The van der Waals surface area contributed by atoms with Gasteiger partial charge in [-0.15, -0.1) is 0 Å². The topological polar surface area (TPSA) is 101 Å². The Morgan fingerprint density at radius 2 is 2.00 bits per heavy atom. The summed E-state index contributed by atoms with van der Waals surface area (Å²) in [5, 5.41) is 3.12. The number of aromatic nitrogens is 2. The first-order chi connectivity index (χ1) is 12.3. The maximum absolute atomic E-state index is 13.5. The van der Waals surface area contributed by atoms with Gasteiger partial charge in [-0.05, 0) is 37.3 Å². The van der Waals surface area contributed by atoms with Crippen LogP contribution in [0.3, 0.4) is 0 Å². The van der Waals surface area contributed by atoms with Crippen LogP contribution in [0.2, 0.25) is 5.02 Å². The van der Waals surface area contributed by atoms with Crippen LogP contribution in [0.15, 0.2) is 42.5 Å². The molecule has 2 amide bonds. The van der Waals surface area contributed by atoms with E-state index in [1.165, 1.54) is 12.1 Å². The van der Waals surface area contributed by atoms with E-state index in [2.05, 4.69) is 15.3 Å². The quantitative estimate of drug-likeness (QED) is 0.653. The Morgan fingerprint density at radius 3 is 2.69 bits per heavy atom. The molecule has 0 unspecified atom stereocenters. The number of amides is 2. The maximum atomic E-state index is 13.5. The number of carbonyl (C=O) groups is 2. The number of rotatable bonds is 4. The van der Waals surface area contributed by atoms with E-state index in [1.807, 2.05) is 6.07 Å². The number of anilines is 1. The Balaban J connectivity index is 1.87. The molecule has 0 aliphatic carbocycles. The largest absolute Gasteiger partial charge is 0.366 e. The first-order valence-electron chi connectivity index (χ1n) is 7.58. The number of imidazole rings is 1. The zero-order valence-electron chi connectivity index (χ0n) is 13.6. The Kier molecular flexibility index (Phi) is 4.73. The molecule has 0 saturated carbocycles. The van der Waals surface area contributed by atoms with Crippen molar-refractivity contribution in [3.63, 3.8) is 0 Å². The van der Waals surface area contributed by atoms with Crippen LogP contribution in [-0.2, 0) is 0 Å². The monoisotopic (exact) mass is 372 g/mol. The third-order valence-corrected chi connectivity index (χ3v) is 3.92. The number of nitrogens with one attached hydrogen (secondary N) is 2. The summed E-state index contributed by atoms with van der Waals surface area (Å²) < 4.78 is 13.5. The second-order valence-corrected chi connectivity index (χ2v) is 6.02. The van der Waals surface area contributed by atoms with Crippen LogP contribution < -0.4 is 11.1 Å². The van der Waals surface area contributed by atoms with Crippen molar-refractivity contribution in [2.24, 2.45) is 5.73 Å². The predicted octanol–water partition coefficient (Wildman–Crippen LogP) is 3.53. The van der Waals surface area contributed by atoms with Gasteiger partial charge in [-0.25, -0.2) is 9.37 Å². The molecule has 0 saturated heterocycles. The molecule has 4 N–H and O–H groups in total. The second-order valence-electron chi connectivity index (χ2n) is 5.58. The Labute approximate surface area is 153 Å². The number of primary amides is 1. The second kappa shape index (κ2) is 6.97. The number of hydrogen-bond acceptors (Lipinski definition) is 3. The molecule has 0 fully saturated rings. The number of nitrogens with two attached hydrogens (primary N) is 1. The summed E-state index contributed by atoms with van der Waals surface area (Å²) in [6, 6.07) is 10.6. The molecule has 8 heteroatoms. The lowest BCUT2D eigenvalue weighted by Crippen LogP contribution is -2.16. The molecule has 0 radical (unpaired) electrons. The minimum absolute atomic E-state index is 0.171. The highest BCUT2D eigenvalue weighted by Crippen LogP contribution is 2.22. The number of halogens is 2. The van der Waals surface area contributed by atoms with Crippen molar-refractivity contribution in [1.82, 2.24) is 9.97 Å². The van der Waals surface area contributed by atoms with Gasteiger partial charge >= 0.3 is 0 Å². The smallest absolute Gasteiger partial charge is 0.276 e. The Hall–Kier alpha value is -3.19. The van der Waals surface area contributed by atoms with Gasteiger partial charge in [0.25, 0.3) is 11.8 Å². The molecule has 0 atom stereocenters. The first kappa shape index (κ1) is 17.6. The van der Waals surface area contributed by atoms with E-state index in [4.69, 9.17) is 17.3 Å². The van der Waals surface area contributed by atoms with Crippen molar-refractivity contribution < 1.29 is 14.0 Å². The molecule has 26 heavy (non-hydrogen) atoms. The molecule has 2 aromatic carbocycles. The maximum Gasteiger partial charge on any atom is 0.276 e. The molecule has 0 aliphatic rings. The van der Waals surface area contributed by atoms with E-state index in [0.29, 0.717) is 16.5 Å². The highest BCUT2D eigenvalue weighted by Gasteiger charge is 2.17. The fourth-order valence-electron chi connectivity index (χ4n) is 2.44. The highest BCUT2D eigenvalue weighted by atomic mass is 35.5. The Bertz CT molecular complexity index is 1020. The molecule has 0 bridgehead atoms. The van der Waals surface area contributed by atoms with Crippen molar-refractivity contribution in [3.05, 3.63) is 70.3 Å². The molecule has 3 aromatic rings. The van der Waals surface area contributed by atoms with E-state index >= 15 is 0 Å². The third kappa shape index (κ3) is 3.57. The van der Waals surface area contributed by atoms with Gasteiger partial charge in [0, 0.05) is 22.0 Å². The molecule has 132 valence electrons. The lowest BCUT2D eigenvalue weighted by atomic mass is 10.1. The van der Waals surface area contributed by atoms with E-state index in [1.54, 1.807) is 25.1 Å². The van der Waals surface area contributed by atoms with E-state index in [0.717, 1.165) is 11.6 Å². The molecule has 3 rings (SSSR count). The number of aryl methyl sites for hydroxylation is 1. The average Bonchev–Trinajstić information content (AvgIpc) is 2.98. The fourth-order valence-corrected chi connectivity index (χ4v) is 2.63. The number of hydrogen-bond donors (Lipinski definition) is 3. The molecular weight excluding hydrogens is 359 g/mol. The number of H-pyrrole nitrogens is 1. The van der Waals surface area contributed by atoms with Gasteiger partial charge in [0.15, 0.2) is 0 Å². The molecule has 1 aromatic heterocycles. The molecule has 6 nitrogen and oxygen atoms in total. The van der Waals surface area contributed by atoms with Gasteiger partial charge in [0.2, 0.25) is 0 Å². The number of nitrogens with zero attached hydrogens (tertiary/aromatic N) is 1. The zero-order chi connectivity index (χ0) is 18.8. The fraction of sp³-hybridized carbons (Fsp3) is 0.0556. The summed E-state index contributed by atoms with van der Waals surface area (Å²) in [5.41, 5.74) is 6.49. The third-order valence-electron chi connectivity index (χ3n) is 3.69. The van der Waals surface area contributed by atoms with E-state index in [-0.39, 0.29) is 16.9 Å². The van der Waals surface area contributed by atoms with Crippen LogP contribution in [0.5, 0.6) is 0 Å². The highest BCUT2D eigenvalue weighted by molar-refractivity contribution is 6.30. The van der Waals surface area contributed by atoms with E-state index < -0.39 is 17.6 Å². The Morgan fingerprint density at radius 1 is 1.23 bits per heavy atom. The lowest BCUT2D eigenvalue weighted by Gasteiger charge is -2.06. The number of carbonyl (C=O) groups excluding carboxylic acids is 2. The normalized spacial score (nSPS) is 10.6. The molecule has 1 heterocycles. The van der Waals surface area contributed by atoms with Gasteiger partial charge in [-0.3, -0.25) is 9.59 Å². The van der Waals surface area contributed by atoms with E-state index in [9.17, 15) is 14.0 Å². The van der Waals surface area contributed by atoms with Gasteiger partial charge in [0.05, 0.1) is 5.56 Å². The standard InChI is InChI=1S/C18H14ClFN4O2/c1-9-15(24-17(22-9)10-3-2-4-11(19)7-10)18(26)23-12-5-6-14(20)13(8-12)16(21)25/h2-8H,1H3,(H2,21,25)(H,22,24)(H,23,26). The van der Waals surface area contributed by atoms with Gasteiger partial charge in [0.1, 0.15) is 17.3 Å². The SMILES string of the molecule is Cc1[nH]c(-c2cccc(Cl)c2)nc1C(=O)Nc1ccc(F)c(C(N)=O)c1. The summed E-state index contributed by atoms with van der Waals surface area (Å²) >= 11 is 5.97.